The predicted molar refractivity (Wildman–Crippen MR) is 103 cm³/mol. The van der Waals surface area contributed by atoms with Gasteiger partial charge in [0.15, 0.2) is 0 Å². The van der Waals surface area contributed by atoms with Crippen LogP contribution in [0.3, 0.4) is 0 Å². The highest BCUT2D eigenvalue weighted by Crippen LogP contribution is 2.24. The summed E-state index contributed by atoms with van der Waals surface area (Å²) in [5.74, 6) is -0.355. The van der Waals surface area contributed by atoms with E-state index in [9.17, 15) is 13.2 Å². The third-order valence-electron chi connectivity index (χ3n) is 3.73. The molecule has 1 amide bonds. The number of ether oxygens (including phenoxy) is 1. The lowest BCUT2D eigenvalue weighted by molar-refractivity contribution is 0.0477. The van der Waals surface area contributed by atoms with Crippen LogP contribution in [0.25, 0.3) is 0 Å². The van der Waals surface area contributed by atoms with Crippen LogP contribution in [0.5, 0.6) is 0 Å². The van der Waals surface area contributed by atoms with Gasteiger partial charge in [0.1, 0.15) is 11.6 Å². The molecule has 9 heteroatoms. The molecule has 0 spiro atoms. The van der Waals surface area contributed by atoms with Crippen molar-refractivity contribution in [1.82, 2.24) is 15.5 Å². The number of benzene rings is 1. The molecule has 154 valence electrons. The van der Waals surface area contributed by atoms with Crippen molar-refractivity contribution in [2.24, 2.45) is 5.92 Å². The number of amides is 1. The Morgan fingerprint density at radius 1 is 1.25 bits per heavy atom. The van der Waals surface area contributed by atoms with Crippen LogP contribution in [0.1, 0.15) is 57.7 Å². The molecule has 0 aliphatic heterocycles. The summed E-state index contributed by atoms with van der Waals surface area (Å²) in [6, 6.07) is 6.51. The highest BCUT2D eigenvalue weighted by Gasteiger charge is 2.30. The van der Waals surface area contributed by atoms with Crippen LogP contribution in [0.4, 0.5) is 4.79 Å². The third kappa shape index (κ3) is 6.05. The van der Waals surface area contributed by atoms with Gasteiger partial charge in [0, 0.05) is 0 Å². The second-order valence-electron chi connectivity index (χ2n) is 8.02. The van der Waals surface area contributed by atoms with Crippen molar-refractivity contribution in [3.05, 3.63) is 41.3 Å². The average Bonchev–Trinajstić information content (AvgIpc) is 3.00. The molecule has 0 bridgehead atoms. The van der Waals surface area contributed by atoms with Gasteiger partial charge in [0.05, 0.1) is 5.75 Å². The molecule has 1 atom stereocenters. The number of aromatic nitrogens is 2. The zero-order valence-corrected chi connectivity index (χ0v) is 17.8. The van der Waals surface area contributed by atoms with E-state index in [-0.39, 0.29) is 17.6 Å². The van der Waals surface area contributed by atoms with Crippen molar-refractivity contribution >= 4 is 15.9 Å². The highest BCUT2D eigenvalue weighted by atomic mass is 32.2. The fourth-order valence-corrected chi connectivity index (χ4v) is 3.62. The minimum atomic E-state index is -3.81. The molecule has 28 heavy (non-hydrogen) atoms. The van der Waals surface area contributed by atoms with Crippen LogP contribution in [-0.4, -0.2) is 30.3 Å². The minimum absolute atomic E-state index is 0.0173. The Hall–Kier alpha value is -2.42. The molecule has 2 rings (SSSR count). The summed E-state index contributed by atoms with van der Waals surface area (Å²) in [6.07, 6.45) is -0.645. The number of sulfone groups is 1. The first kappa shape index (κ1) is 21.9. The number of carbonyl (C=O) groups excluding carboxylic acids is 1. The second kappa shape index (κ2) is 8.30. The number of carbonyl (C=O) groups is 1. The lowest BCUT2D eigenvalue weighted by atomic mass is 10.1. The zero-order chi connectivity index (χ0) is 21.1. The van der Waals surface area contributed by atoms with Crippen molar-refractivity contribution < 1.29 is 22.4 Å². The molecule has 1 N–H and O–H groups in total. The van der Waals surface area contributed by atoms with Gasteiger partial charge >= 0.3 is 11.3 Å². The van der Waals surface area contributed by atoms with Crippen LogP contribution in [0, 0.1) is 12.8 Å². The van der Waals surface area contributed by atoms with E-state index < -0.39 is 32.8 Å². The van der Waals surface area contributed by atoms with Gasteiger partial charge in [-0.1, -0.05) is 48.8 Å². The lowest BCUT2D eigenvalue weighted by Gasteiger charge is -2.23. The summed E-state index contributed by atoms with van der Waals surface area (Å²) in [7, 11) is -3.81. The molecule has 1 heterocycles. The van der Waals surface area contributed by atoms with E-state index in [1.165, 1.54) is 0 Å². The number of aryl methyl sites for hydroxylation is 1. The molecule has 1 unspecified atom stereocenters. The number of alkyl carbamates (subject to hydrolysis) is 1. The molecule has 0 aliphatic carbocycles. The lowest BCUT2D eigenvalue weighted by Crippen LogP contribution is -2.37. The van der Waals surface area contributed by atoms with Gasteiger partial charge in [0.2, 0.25) is 15.7 Å². The highest BCUT2D eigenvalue weighted by molar-refractivity contribution is 7.90. The Kier molecular flexibility index (Phi) is 6.48. The largest absolute Gasteiger partial charge is 0.444 e. The molecule has 2 aromatic rings. The van der Waals surface area contributed by atoms with Gasteiger partial charge in [-0.25, -0.2) is 13.2 Å². The molecular formula is C19H27N3O5S. The van der Waals surface area contributed by atoms with Gasteiger partial charge in [-0.05, 0) is 39.2 Å². The third-order valence-corrected chi connectivity index (χ3v) is 5.14. The fraction of sp³-hybridized carbons (Fsp3) is 0.526. The van der Waals surface area contributed by atoms with Gasteiger partial charge in [0.25, 0.3) is 0 Å². The standard InChI is InChI=1S/C19H27N3O5S/c1-12(2)15(20-17(23)27-19(4,5)6)16-21-22-18(26-16)28(24,25)11-14-9-7-8-13(3)10-14/h7-10,12,15H,11H2,1-6H3,(H,20,23). The van der Waals surface area contributed by atoms with E-state index in [1.807, 2.05) is 26.8 Å². The van der Waals surface area contributed by atoms with Crippen molar-refractivity contribution in [2.75, 3.05) is 0 Å². The van der Waals surface area contributed by atoms with Crippen molar-refractivity contribution in [3.63, 3.8) is 0 Å². The normalized spacial score (nSPS) is 13.4. The van der Waals surface area contributed by atoms with E-state index in [0.29, 0.717) is 5.56 Å². The smallest absolute Gasteiger partial charge is 0.408 e. The number of hydrogen-bond acceptors (Lipinski definition) is 7. The van der Waals surface area contributed by atoms with Gasteiger partial charge in [-0.3, -0.25) is 0 Å². The molecule has 0 saturated heterocycles. The quantitative estimate of drug-likeness (QED) is 0.776. The molecule has 0 aliphatic rings. The molecule has 8 nitrogen and oxygen atoms in total. The first-order valence-electron chi connectivity index (χ1n) is 8.98. The summed E-state index contributed by atoms with van der Waals surface area (Å²) in [4.78, 5) is 12.1. The van der Waals surface area contributed by atoms with Gasteiger partial charge < -0.3 is 14.5 Å². The SMILES string of the molecule is Cc1cccc(CS(=O)(=O)c2nnc(C(NC(=O)OC(C)(C)C)C(C)C)o2)c1. The van der Waals surface area contributed by atoms with Crippen molar-refractivity contribution in [1.29, 1.82) is 0 Å². The minimum Gasteiger partial charge on any atom is -0.444 e. The molecular weight excluding hydrogens is 382 g/mol. The summed E-state index contributed by atoms with van der Waals surface area (Å²) in [5.41, 5.74) is 0.926. The van der Waals surface area contributed by atoms with Crippen LogP contribution in [0.2, 0.25) is 0 Å². The van der Waals surface area contributed by atoms with Crippen molar-refractivity contribution in [2.45, 2.75) is 64.2 Å². The molecule has 1 aromatic heterocycles. The first-order chi connectivity index (χ1) is 12.9. The van der Waals surface area contributed by atoms with Crippen LogP contribution >= 0.6 is 0 Å². The zero-order valence-electron chi connectivity index (χ0n) is 17.0. The Balaban J connectivity index is 2.20. The number of rotatable bonds is 6. The summed E-state index contributed by atoms with van der Waals surface area (Å²) < 4.78 is 35.9. The van der Waals surface area contributed by atoms with E-state index in [2.05, 4.69) is 15.5 Å². The number of nitrogens with one attached hydrogen (secondary N) is 1. The topological polar surface area (TPSA) is 111 Å². The number of nitrogens with zero attached hydrogens (tertiary/aromatic N) is 2. The predicted octanol–water partition coefficient (Wildman–Crippen LogP) is 3.57. The summed E-state index contributed by atoms with van der Waals surface area (Å²) >= 11 is 0. The van der Waals surface area contributed by atoms with E-state index >= 15 is 0 Å². The molecule has 0 saturated carbocycles. The van der Waals surface area contributed by atoms with Crippen LogP contribution in [0.15, 0.2) is 33.9 Å². The Labute approximate surface area is 165 Å². The number of hydrogen-bond donors (Lipinski definition) is 1. The van der Waals surface area contributed by atoms with Crippen LogP contribution < -0.4 is 5.32 Å². The first-order valence-corrected chi connectivity index (χ1v) is 10.6. The molecule has 0 fully saturated rings. The summed E-state index contributed by atoms with van der Waals surface area (Å²) in [5, 5.41) is 9.73. The maximum atomic E-state index is 12.6. The van der Waals surface area contributed by atoms with E-state index in [1.54, 1.807) is 39.0 Å². The van der Waals surface area contributed by atoms with E-state index in [0.717, 1.165) is 5.56 Å². The molecule has 0 radical (unpaired) electrons. The monoisotopic (exact) mass is 409 g/mol. The maximum absolute atomic E-state index is 12.6. The van der Waals surface area contributed by atoms with Gasteiger partial charge in [-0.15, -0.1) is 5.10 Å². The van der Waals surface area contributed by atoms with Crippen molar-refractivity contribution in [3.8, 4) is 0 Å². The average molecular weight is 410 g/mol. The van der Waals surface area contributed by atoms with Gasteiger partial charge in [-0.2, -0.15) is 0 Å². The Morgan fingerprint density at radius 3 is 2.50 bits per heavy atom. The second-order valence-corrected chi connectivity index (χ2v) is 9.89. The maximum Gasteiger partial charge on any atom is 0.408 e. The summed E-state index contributed by atoms with van der Waals surface area (Å²) in [6.45, 7) is 10.8. The fourth-order valence-electron chi connectivity index (χ4n) is 2.50. The Bertz CT molecular complexity index is 929. The Morgan fingerprint density at radius 2 is 1.93 bits per heavy atom. The van der Waals surface area contributed by atoms with E-state index in [4.69, 9.17) is 9.15 Å². The van der Waals surface area contributed by atoms with Crippen LogP contribution in [-0.2, 0) is 20.3 Å². The molecule has 1 aromatic carbocycles.